The maximum absolute atomic E-state index is 11.3. The molecule has 2 aliphatic rings. The first kappa shape index (κ1) is 15.2. The largest absolute Gasteiger partial charge is 0.502 e. The molecule has 1 heterocycles. The number of benzene rings is 1. The molecule has 3 rings (SSSR count). The van der Waals surface area contributed by atoms with Crippen LogP contribution in [0.5, 0.6) is 5.75 Å². The van der Waals surface area contributed by atoms with Crippen LogP contribution in [0, 0.1) is 23.0 Å². The van der Waals surface area contributed by atoms with E-state index in [-0.39, 0.29) is 17.5 Å². The third-order valence-corrected chi connectivity index (χ3v) is 4.77. The molecule has 1 aliphatic carbocycles. The standard InChI is InChI=1S/C16H23N3O3/c1-11-2-5-13(16(20)15(11)19(21)22)14(10-12-3-4-12)18-8-6-17-7-9-18/h2,5,12,14,17,20H,3-4,6-10H2,1H3/t14-/m0/s1. The van der Waals surface area contributed by atoms with Crippen LogP contribution in [0.4, 0.5) is 5.69 Å². The molecule has 0 spiro atoms. The third kappa shape index (κ3) is 3.08. The van der Waals surface area contributed by atoms with E-state index >= 15 is 0 Å². The number of hydrogen-bond acceptors (Lipinski definition) is 5. The Hall–Kier alpha value is -1.66. The Morgan fingerprint density at radius 2 is 2.09 bits per heavy atom. The topological polar surface area (TPSA) is 78.6 Å². The zero-order valence-electron chi connectivity index (χ0n) is 12.9. The van der Waals surface area contributed by atoms with Crippen LogP contribution >= 0.6 is 0 Å². The average molecular weight is 305 g/mol. The predicted octanol–water partition coefficient (Wildman–Crippen LogP) is 2.36. The normalized spacial score (nSPS) is 20.8. The first-order valence-corrected chi connectivity index (χ1v) is 7.99. The second kappa shape index (κ2) is 6.22. The van der Waals surface area contributed by atoms with E-state index in [1.165, 1.54) is 12.8 Å². The molecule has 1 saturated carbocycles. The molecule has 22 heavy (non-hydrogen) atoms. The van der Waals surface area contributed by atoms with Crippen molar-refractivity contribution >= 4 is 5.69 Å². The summed E-state index contributed by atoms with van der Waals surface area (Å²) in [6.07, 6.45) is 3.45. The Labute approximate surface area is 130 Å². The molecular weight excluding hydrogens is 282 g/mol. The van der Waals surface area contributed by atoms with Gasteiger partial charge in [0.15, 0.2) is 5.75 Å². The number of piperazine rings is 1. The van der Waals surface area contributed by atoms with Gasteiger partial charge in [0.2, 0.25) is 0 Å². The van der Waals surface area contributed by atoms with Crippen LogP contribution in [0.2, 0.25) is 0 Å². The van der Waals surface area contributed by atoms with Crippen LogP contribution < -0.4 is 5.32 Å². The molecule has 0 unspecified atom stereocenters. The van der Waals surface area contributed by atoms with Gasteiger partial charge < -0.3 is 10.4 Å². The minimum Gasteiger partial charge on any atom is -0.502 e. The molecule has 2 fully saturated rings. The van der Waals surface area contributed by atoms with E-state index in [9.17, 15) is 15.2 Å². The molecule has 1 saturated heterocycles. The summed E-state index contributed by atoms with van der Waals surface area (Å²) in [7, 11) is 0. The summed E-state index contributed by atoms with van der Waals surface area (Å²) in [6, 6.07) is 3.70. The van der Waals surface area contributed by atoms with Crippen LogP contribution in [-0.2, 0) is 0 Å². The van der Waals surface area contributed by atoms with E-state index in [0.717, 1.165) is 32.6 Å². The van der Waals surface area contributed by atoms with Gasteiger partial charge in [0, 0.05) is 43.3 Å². The molecule has 1 aliphatic heterocycles. The van der Waals surface area contributed by atoms with Gasteiger partial charge in [-0.3, -0.25) is 15.0 Å². The minimum absolute atomic E-state index is 0.0777. The smallest absolute Gasteiger partial charge is 0.313 e. The van der Waals surface area contributed by atoms with Crippen LogP contribution in [0.25, 0.3) is 0 Å². The summed E-state index contributed by atoms with van der Waals surface area (Å²) in [4.78, 5) is 13.1. The summed E-state index contributed by atoms with van der Waals surface area (Å²) in [5.41, 5.74) is 1.08. The number of phenols is 1. The summed E-state index contributed by atoms with van der Waals surface area (Å²) >= 11 is 0. The van der Waals surface area contributed by atoms with E-state index in [4.69, 9.17) is 0 Å². The number of nitrogens with one attached hydrogen (secondary N) is 1. The molecule has 6 heteroatoms. The van der Waals surface area contributed by atoms with Crippen molar-refractivity contribution in [3.8, 4) is 5.75 Å². The second-order valence-electron chi connectivity index (χ2n) is 6.41. The van der Waals surface area contributed by atoms with Gasteiger partial charge in [-0.25, -0.2) is 0 Å². The first-order valence-electron chi connectivity index (χ1n) is 7.99. The van der Waals surface area contributed by atoms with Gasteiger partial charge in [0.1, 0.15) is 0 Å². The summed E-state index contributed by atoms with van der Waals surface area (Å²) in [5, 5.41) is 25.1. The van der Waals surface area contributed by atoms with Crippen molar-refractivity contribution in [1.82, 2.24) is 10.2 Å². The first-order chi connectivity index (χ1) is 10.6. The van der Waals surface area contributed by atoms with Crippen molar-refractivity contribution in [2.75, 3.05) is 26.2 Å². The van der Waals surface area contributed by atoms with Crippen LogP contribution in [0.3, 0.4) is 0 Å². The minimum atomic E-state index is -0.472. The monoisotopic (exact) mass is 305 g/mol. The average Bonchev–Trinajstić information content (AvgIpc) is 3.30. The highest BCUT2D eigenvalue weighted by molar-refractivity contribution is 5.56. The van der Waals surface area contributed by atoms with E-state index in [2.05, 4.69) is 10.2 Å². The molecule has 0 amide bonds. The Kier molecular flexibility index (Phi) is 4.31. The highest BCUT2D eigenvalue weighted by Crippen LogP contribution is 2.45. The maximum Gasteiger partial charge on any atom is 0.313 e. The molecule has 1 atom stereocenters. The molecule has 120 valence electrons. The lowest BCUT2D eigenvalue weighted by Gasteiger charge is -2.35. The number of hydrogen-bond donors (Lipinski definition) is 2. The van der Waals surface area contributed by atoms with E-state index in [1.807, 2.05) is 6.07 Å². The predicted molar refractivity (Wildman–Crippen MR) is 84.0 cm³/mol. The van der Waals surface area contributed by atoms with Crippen molar-refractivity contribution in [2.24, 2.45) is 5.92 Å². The van der Waals surface area contributed by atoms with Crippen molar-refractivity contribution in [3.05, 3.63) is 33.4 Å². The second-order valence-corrected chi connectivity index (χ2v) is 6.41. The summed E-state index contributed by atoms with van der Waals surface area (Å²) in [6.45, 7) is 5.35. The molecule has 1 aromatic rings. The van der Waals surface area contributed by atoms with Gasteiger partial charge in [-0.05, 0) is 19.3 Å². The van der Waals surface area contributed by atoms with E-state index < -0.39 is 4.92 Å². The molecule has 0 radical (unpaired) electrons. The molecular formula is C16H23N3O3. The van der Waals surface area contributed by atoms with Crippen molar-refractivity contribution in [2.45, 2.75) is 32.2 Å². The summed E-state index contributed by atoms with van der Waals surface area (Å²) < 4.78 is 0. The number of rotatable bonds is 5. The molecule has 0 aromatic heterocycles. The molecule has 1 aromatic carbocycles. The van der Waals surface area contributed by atoms with Crippen LogP contribution in [-0.4, -0.2) is 41.1 Å². The van der Waals surface area contributed by atoms with Gasteiger partial charge >= 0.3 is 5.69 Å². The Balaban J connectivity index is 1.95. The maximum atomic E-state index is 11.3. The van der Waals surface area contributed by atoms with Crippen LogP contribution in [0.1, 0.15) is 36.4 Å². The third-order valence-electron chi connectivity index (χ3n) is 4.77. The lowest BCUT2D eigenvalue weighted by Crippen LogP contribution is -2.45. The zero-order valence-corrected chi connectivity index (χ0v) is 12.9. The number of aryl methyl sites for hydroxylation is 1. The van der Waals surface area contributed by atoms with Gasteiger partial charge in [0.05, 0.1) is 4.92 Å². The quantitative estimate of drug-likeness (QED) is 0.645. The fraction of sp³-hybridized carbons (Fsp3) is 0.625. The Morgan fingerprint density at radius 3 is 2.68 bits per heavy atom. The van der Waals surface area contributed by atoms with Gasteiger partial charge in [-0.2, -0.15) is 0 Å². The highest BCUT2D eigenvalue weighted by atomic mass is 16.6. The van der Waals surface area contributed by atoms with Gasteiger partial charge in [-0.15, -0.1) is 0 Å². The van der Waals surface area contributed by atoms with Crippen molar-refractivity contribution in [3.63, 3.8) is 0 Å². The van der Waals surface area contributed by atoms with E-state index in [0.29, 0.717) is 17.0 Å². The number of aromatic hydroxyl groups is 1. The number of nitro groups is 1. The molecule has 6 nitrogen and oxygen atoms in total. The van der Waals surface area contributed by atoms with Gasteiger partial charge in [0.25, 0.3) is 0 Å². The van der Waals surface area contributed by atoms with Crippen molar-refractivity contribution < 1.29 is 10.0 Å². The molecule has 0 bridgehead atoms. The lowest BCUT2D eigenvalue weighted by atomic mass is 9.95. The fourth-order valence-electron chi connectivity index (χ4n) is 3.33. The van der Waals surface area contributed by atoms with Crippen molar-refractivity contribution in [1.29, 1.82) is 0 Å². The SMILES string of the molecule is Cc1ccc([C@H](CC2CC2)N2CCNCC2)c(O)c1[N+](=O)[O-]. The summed E-state index contributed by atoms with van der Waals surface area (Å²) in [5.74, 6) is 0.550. The fourth-order valence-corrected chi connectivity index (χ4v) is 3.33. The Bertz CT molecular complexity index is 566. The lowest BCUT2D eigenvalue weighted by molar-refractivity contribution is -0.386. The molecule has 2 N–H and O–H groups in total. The number of phenolic OH excluding ortho intramolecular Hbond substituents is 1. The number of nitrogens with zero attached hydrogens (tertiary/aromatic N) is 2. The van der Waals surface area contributed by atoms with E-state index in [1.54, 1.807) is 13.0 Å². The zero-order chi connectivity index (χ0) is 15.7. The number of nitro benzene ring substituents is 1. The Morgan fingerprint density at radius 1 is 1.41 bits per heavy atom. The van der Waals surface area contributed by atoms with Gasteiger partial charge in [-0.1, -0.05) is 25.0 Å². The van der Waals surface area contributed by atoms with Crippen LogP contribution in [0.15, 0.2) is 12.1 Å². The highest BCUT2D eigenvalue weighted by Gasteiger charge is 2.34.